The molecule has 0 aliphatic carbocycles. The smallest absolute Gasteiger partial charge is 0.231 e. The second-order valence-electron chi connectivity index (χ2n) is 6.37. The van der Waals surface area contributed by atoms with Gasteiger partial charge in [-0.05, 0) is 36.4 Å². The van der Waals surface area contributed by atoms with Crippen LogP contribution in [-0.2, 0) is 9.59 Å². The average molecular weight is 394 g/mol. The molecular formula is C20H18N4O3S. The highest BCUT2D eigenvalue weighted by Gasteiger charge is 2.35. The number of ether oxygens (including phenoxy) is 1. The maximum Gasteiger partial charge on any atom is 0.231 e. The van der Waals surface area contributed by atoms with Gasteiger partial charge in [0, 0.05) is 42.0 Å². The molecule has 0 radical (unpaired) electrons. The number of carbonyl (C=O) groups excluding carboxylic acids is 2. The molecule has 1 aromatic carbocycles. The summed E-state index contributed by atoms with van der Waals surface area (Å²) in [7, 11) is 1.59. The number of thiazole rings is 1. The molecule has 1 aliphatic heterocycles. The third-order valence-electron chi connectivity index (χ3n) is 4.57. The highest BCUT2D eigenvalue weighted by Crippen LogP contribution is 2.29. The number of benzene rings is 1. The van der Waals surface area contributed by atoms with E-state index in [1.807, 2.05) is 29.6 Å². The van der Waals surface area contributed by atoms with Gasteiger partial charge in [0.05, 0.1) is 18.7 Å². The Morgan fingerprint density at radius 3 is 2.82 bits per heavy atom. The summed E-state index contributed by atoms with van der Waals surface area (Å²) in [6.45, 7) is 0.345. The number of hydrogen-bond donors (Lipinski definition) is 1. The Morgan fingerprint density at radius 1 is 1.29 bits per heavy atom. The van der Waals surface area contributed by atoms with Crippen molar-refractivity contribution >= 4 is 34.0 Å². The van der Waals surface area contributed by atoms with Gasteiger partial charge in [-0.1, -0.05) is 0 Å². The summed E-state index contributed by atoms with van der Waals surface area (Å²) in [6.07, 6.45) is 3.60. The third-order valence-corrected chi connectivity index (χ3v) is 5.33. The predicted octanol–water partition coefficient (Wildman–Crippen LogP) is 3.21. The fourth-order valence-corrected chi connectivity index (χ4v) is 3.80. The first-order chi connectivity index (χ1) is 13.6. The number of nitrogens with one attached hydrogen (secondary N) is 1. The molecule has 0 bridgehead atoms. The van der Waals surface area contributed by atoms with Crippen LogP contribution in [-0.4, -0.2) is 35.4 Å². The van der Waals surface area contributed by atoms with Crippen LogP contribution in [0.15, 0.2) is 54.2 Å². The van der Waals surface area contributed by atoms with Gasteiger partial charge >= 0.3 is 0 Å². The molecule has 0 unspecified atom stereocenters. The Hall–Kier alpha value is -3.26. The van der Waals surface area contributed by atoms with Gasteiger partial charge in [-0.15, -0.1) is 11.3 Å². The van der Waals surface area contributed by atoms with Gasteiger partial charge in [0.15, 0.2) is 5.13 Å². The zero-order valence-electron chi connectivity index (χ0n) is 15.2. The molecule has 7 nitrogen and oxygen atoms in total. The van der Waals surface area contributed by atoms with Crippen LogP contribution in [0.3, 0.4) is 0 Å². The van der Waals surface area contributed by atoms with Crippen molar-refractivity contribution in [2.75, 3.05) is 23.9 Å². The van der Waals surface area contributed by atoms with Crippen LogP contribution in [0.4, 0.5) is 10.8 Å². The lowest BCUT2D eigenvalue weighted by Crippen LogP contribution is -2.28. The molecule has 0 spiro atoms. The van der Waals surface area contributed by atoms with Crippen molar-refractivity contribution in [3.63, 3.8) is 0 Å². The minimum atomic E-state index is -0.416. The maximum atomic E-state index is 12.6. The fourth-order valence-electron chi connectivity index (χ4n) is 3.08. The average Bonchev–Trinajstić information content (AvgIpc) is 3.35. The zero-order valence-corrected chi connectivity index (χ0v) is 16.0. The first kappa shape index (κ1) is 18.1. The van der Waals surface area contributed by atoms with E-state index in [-0.39, 0.29) is 18.2 Å². The molecule has 0 saturated carbocycles. The highest BCUT2D eigenvalue weighted by molar-refractivity contribution is 7.14. The first-order valence-electron chi connectivity index (χ1n) is 8.75. The van der Waals surface area contributed by atoms with Crippen molar-refractivity contribution in [1.29, 1.82) is 0 Å². The Morgan fingerprint density at radius 2 is 2.11 bits per heavy atom. The van der Waals surface area contributed by atoms with E-state index in [2.05, 4.69) is 15.3 Å². The molecule has 2 aromatic heterocycles. The molecule has 1 aliphatic rings. The summed E-state index contributed by atoms with van der Waals surface area (Å²) in [5, 5.41) is 5.22. The molecule has 3 aromatic rings. The van der Waals surface area contributed by atoms with Crippen LogP contribution in [0.5, 0.6) is 5.75 Å². The lowest BCUT2D eigenvalue weighted by molar-refractivity contribution is -0.122. The van der Waals surface area contributed by atoms with E-state index in [9.17, 15) is 9.59 Å². The normalized spacial score (nSPS) is 16.2. The predicted molar refractivity (Wildman–Crippen MR) is 107 cm³/mol. The number of rotatable bonds is 5. The van der Waals surface area contributed by atoms with Crippen LogP contribution in [0.25, 0.3) is 11.3 Å². The lowest BCUT2D eigenvalue weighted by Gasteiger charge is -2.16. The lowest BCUT2D eigenvalue weighted by atomic mass is 10.1. The Balaban J connectivity index is 1.41. The van der Waals surface area contributed by atoms with Crippen molar-refractivity contribution in [3.8, 4) is 17.0 Å². The topological polar surface area (TPSA) is 84.4 Å². The van der Waals surface area contributed by atoms with Crippen molar-refractivity contribution in [3.05, 3.63) is 54.2 Å². The fraction of sp³-hybridized carbons (Fsp3) is 0.200. The minimum absolute atomic E-state index is 0.0690. The first-order valence-corrected chi connectivity index (χ1v) is 9.63. The molecule has 1 N–H and O–H groups in total. The van der Waals surface area contributed by atoms with Gasteiger partial charge in [-0.3, -0.25) is 14.6 Å². The van der Waals surface area contributed by atoms with Crippen molar-refractivity contribution in [2.24, 2.45) is 5.92 Å². The third kappa shape index (κ3) is 3.72. The SMILES string of the molecule is COc1ccc(N2C[C@@H](C(=O)Nc3nc(-c4cccnc4)cs3)CC2=O)cc1. The summed E-state index contributed by atoms with van der Waals surface area (Å²) in [5.74, 6) is 0.0372. The molecule has 3 heterocycles. The van der Waals surface area contributed by atoms with Crippen molar-refractivity contribution in [2.45, 2.75) is 6.42 Å². The van der Waals surface area contributed by atoms with Crippen molar-refractivity contribution < 1.29 is 14.3 Å². The summed E-state index contributed by atoms with van der Waals surface area (Å²) in [5.41, 5.74) is 2.41. The number of anilines is 2. The maximum absolute atomic E-state index is 12.6. The summed E-state index contributed by atoms with van der Waals surface area (Å²) >= 11 is 1.35. The zero-order chi connectivity index (χ0) is 19.5. The molecule has 142 valence electrons. The number of carbonyl (C=O) groups is 2. The van der Waals surface area contributed by atoms with E-state index < -0.39 is 5.92 Å². The number of aromatic nitrogens is 2. The number of amides is 2. The molecule has 1 atom stereocenters. The van der Waals surface area contributed by atoms with Crippen molar-refractivity contribution in [1.82, 2.24) is 9.97 Å². The minimum Gasteiger partial charge on any atom is -0.497 e. The van der Waals surface area contributed by atoms with E-state index in [0.29, 0.717) is 11.7 Å². The van der Waals surface area contributed by atoms with Gasteiger partial charge in [0.25, 0.3) is 0 Å². The van der Waals surface area contributed by atoms with Gasteiger partial charge in [0.1, 0.15) is 5.75 Å². The summed E-state index contributed by atoms with van der Waals surface area (Å²) < 4.78 is 5.14. The molecule has 2 amide bonds. The second kappa shape index (κ2) is 7.77. The summed E-state index contributed by atoms with van der Waals surface area (Å²) in [4.78, 5) is 35.2. The van der Waals surface area contributed by atoms with E-state index in [0.717, 1.165) is 22.7 Å². The van der Waals surface area contributed by atoms with E-state index in [1.54, 1.807) is 36.5 Å². The van der Waals surface area contributed by atoms with Crippen LogP contribution in [0.1, 0.15) is 6.42 Å². The summed E-state index contributed by atoms with van der Waals surface area (Å²) in [6, 6.07) is 11.0. The molecule has 1 saturated heterocycles. The largest absolute Gasteiger partial charge is 0.497 e. The molecule has 1 fully saturated rings. The number of hydrogen-bond acceptors (Lipinski definition) is 6. The van der Waals surface area contributed by atoms with Gasteiger partial charge in [0.2, 0.25) is 11.8 Å². The van der Waals surface area contributed by atoms with Crippen LogP contribution >= 0.6 is 11.3 Å². The van der Waals surface area contributed by atoms with E-state index >= 15 is 0 Å². The Kier molecular flexibility index (Phi) is 5.03. The van der Waals surface area contributed by atoms with E-state index in [4.69, 9.17) is 4.74 Å². The Labute approximate surface area is 166 Å². The number of pyridine rings is 1. The van der Waals surface area contributed by atoms with Gasteiger partial charge in [-0.25, -0.2) is 4.98 Å². The molecule has 4 rings (SSSR count). The van der Waals surface area contributed by atoms with Gasteiger partial charge in [-0.2, -0.15) is 0 Å². The monoisotopic (exact) mass is 394 g/mol. The number of methoxy groups -OCH3 is 1. The quantitative estimate of drug-likeness (QED) is 0.718. The molecule has 8 heteroatoms. The second-order valence-corrected chi connectivity index (χ2v) is 7.23. The number of nitrogens with zero attached hydrogens (tertiary/aromatic N) is 3. The van der Waals surface area contributed by atoms with Crippen LogP contribution in [0, 0.1) is 5.92 Å². The standard InChI is InChI=1S/C20H18N4O3S/c1-27-16-6-4-15(5-7-16)24-11-14(9-18(24)25)19(26)23-20-22-17(12-28-20)13-3-2-8-21-10-13/h2-8,10,12,14H,9,11H2,1H3,(H,22,23,26)/t14-/m0/s1. The highest BCUT2D eigenvalue weighted by atomic mass is 32.1. The van der Waals surface area contributed by atoms with Crippen LogP contribution < -0.4 is 15.0 Å². The Bertz CT molecular complexity index is 988. The molecular weight excluding hydrogens is 376 g/mol. The van der Waals surface area contributed by atoms with Crippen LogP contribution in [0.2, 0.25) is 0 Å². The molecule has 28 heavy (non-hydrogen) atoms. The van der Waals surface area contributed by atoms with Gasteiger partial charge < -0.3 is 15.0 Å². The van der Waals surface area contributed by atoms with E-state index in [1.165, 1.54) is 11.3 Å².